The van der Waals surface area contributed by atoms with Crippen molar-refractivity contribution in [3.05, 3.63) is 65.4 Å². The topological polar surface area (TPSA) is 59.5 Å². The van der Waals surface area contributed by atoms with E-state index in [-0.39, 0.29) is 11.6 Å². The molecule has 1 aliphatic heterocycles. The maximum Gasteiger partial charge on any atom is 0.229 e. The first kappa shape index (κ1) is 18.9. The predicted molar refractivity (Wildman–Crippen MR) is 106 cm³/mol. The number of hydrogen-bond donors (Lipinski definition) is 1. The van der Waals surface area contributed by atoms with Crippen molar-refractivity contribution in [3.63, 3.8) is 0 Å². The Morgan fingerprint density at radius 2 is 1.69 bits per heavy atom. The van der Waals surface area contributed by atoms with Crippen LogP contribution in [0, 0.1) is 11.6 Å². The number of ether oxygens (including phenoxy) is 2. The molecule has 6 nitrogen and oxygen atoms in total. The van der Waals surface area contributed by atoms with Crippen LogP contribution in [-0.2, 0) is 13.0 Å². The smallest absolute Gasteiger partial charge is 0.229 e. The third-order valence-electron chi connectivity index (χ3n) is 4.88. The van der Waals surface area contributed by atoms with Gasteiger partial charge in [0, 0.05) is 19.3 Å². The van der Waals surface area contributed by atoms with Crippen LogP contribution in [0.4, 0.5) is 26.2 Å². The first-order chi connectivity index (χ1) is 14.1. The molecule has 0 saturated heterocycles. The van der Waals surface area contributed by atoms with Crippen molar-refractivity contribution in [3.8, 4) is 11.5 Å². The van der Waals surface area contributed by atoms with Gasteiger partial charge in [0.15, 0.2) is 11.5 Å². The summed E-state index contributed by atoms with van der Waals surface area (Å²) in [6, 6.07) is 9.40. The Morgan fingerprint density at radius 3 is 2.38 bits per heavy atom. The number of nitrogens with one attached hydrogen (secondary N) is 1. The van der Waals surface area contributed by atoms with Crippen molar-refractivity contribution in [1.29, 1.82) is 0 Å². The molecule has 0 spiro atoms. The molecule has 0 unspecified atom stereocenters. The van der Waals surface area contributed by atoms with E-state index in [2.05, 4.69) is 20.2 Å². The Balaban J connectivity index is 1.58. The zero-order valence-electron chi connectivity index (χ0n) is 16.1. The van der Waals surface area contributed by atoms with Crippen molar-refractivity contribution < 1.29 is 18.3 Å². The van der Waals surface area contributed by atoms with Gasteiger partial charge in [0.25, 0.3) is 0 Å². The summed E-state index contributed by atoms with van der Waals surface area (Å²) in [5.41, 5.74) is 2.03. The Kier molecular flexibility index (Phi) is 5.16. The van der Waals surface area contributed by atoms with Crippen molar-refractivity contribution in [2.75, 3.05) is 31.0 Å². The van der Waals surface area contributed by atoms with Gasteiger partial charge in [-0.3, -0.25) is 0 Å². The molecule has 4 rings (SSSR count). The first-order valence-electron chi connectivity index (χ1n) is 9.12. The van der Waals surface area contributed by atoms with Crippen LogP contribution < -0.4 is 19.7 Å². The molecular weight excluding hydrogens is 378 g/mol. The molecule has 0 radical (unpaired) electrons. The van der Waals surface area contributed by atoms with Crippen molar-refractivity contribution >= 4 is 17.5 Å². The number of fused-ring (bicyclic) bond motifs is 1. The molecular formula is C21H20F2N4O2. The first-order valence-corrected chi connectivity index (χ1v) is 9.12. The Bertz CT molecular complexity index is 1020. The van der Waals surface area contributed by atoms with Crippen LogP contribution in [-0.4, -0.2) is 30.7 Å². The molecule has 1 aliphatic rings. The minimum absolute atomic E-state index is 0.129. The van der Waals surface area contributed by atoms with E-state index < -0.39 is 11.6 Å². The van der Waals surface area contributed by atoms with E-state index in [4.69, 9.17) is 9.47 Å². The standard InChI is InChI=1S/C21H20F2N4O2/c1-28-17-10-13-7-9-27(12-14(13)11-18(17)29-2)19-6-8-24-21(25-19)26-20-15(22)4-3-5-16(20)23/h3-6,8,10-11H,7,9,12H2,1-2H3,(H,24,25,26). The average Bonchev–Trinajstić information content (AvgIpc) is 2.75. The van der Waals surface area contributed by atoms with Gasteiger partial charge in [-0.25, -0.2) is 13.8 Å². The maximum absolute atomic E-state index is 13.9. The Morgan fingerprint density at radius 1 is 1.00 bits per heavy atom. The molecule has 0 aliphatic carbocycles. The lowest BCUT2D eigenvalue weighted by molar-refractivity contribution is 0.353. The Hall–Kier alpha value is -3.42. The highest BCUT2D eigenvalue weighted by Crippen LogP contribution is 2.34. The average molecular weight is 398 g/mol. The molecule has 1 N–H and O–H groups in total. The second-order valence-electron chi connectivity index (χ2n) is 6.61. The number of aromatic nitrogens is 2. The molecule has 2 heterocycles. The van der Waals surface area contributed by atoms with Gasteiger partial charge >= 0.3 is 0 Å². The zero-order chi connectivity index (χ0) is 20.4. The molecule has 150 valence electrons. The zero-order valence-corrected chi connectivity index (χ0v) is 16.1. The molecule has 29 heavy (non-hydrogen) atoms. The fraction of sp³-hybridized carbons (Fsp3) is 0.238. The highest BCUT2D eigenvalue weighted by molar-refractivity contribution is 5.57. The van der Waals surface area contributed by atoms with Crippen LogP contribution >= 0.6 is 0 Å². The highest BCUT2D eigenvalue weighted by Gasteiger charge is 2.21. The van der Waals surface area contributed by atoms with Crippen LogP contribution in [0.25, 0.3) is 0 Å². The Labute approximate surface area is 167 Å². The van der Waals surface area contributed by atoms with E-state index in [1.807, 2.05) is 12.1 Å². The van der Waals surface area contributed by atoms with Gasteiger partial charge < -0.3 is 19.7 Å². The van der Waals surface area contributed by atoms with Crippen LogP contribution in [0.1, 0.15) is 11.1 Å². The number of para-hydroxylation sites is 1. The number of halogens is 2. The van der Waals surface area contributed by atoms with Crippen LogP contribution in [0.5, 0.6) is 11.5 Å². The van der Waals surface area contributed by atoms with Gasteiger partial charge in [0.2, 0.25) is 5.95 Å². The number of nitrogens with zero attached hydrogens (tertiary/aromatic N) is 3. The summed E-state index contributed by atoms with van der Waals surface area (Å²) < 4.78 is 38.6. The third kappa shape index (κ3) is 3.78. The quantitative estimate of drug-likeness (QED) is 0.699. The highest BCUT2D eigenvalue weighted by atomic mass is 19.1. The van der Waals surface area contributed by atoms with Gasteiger partial charge in [-0.05, 0) is 47.9 Å². The summed E-state index contributed by atoms with van der Waals surface area (Å²) in [6.07, 6.45) is 2.37. The molecule has 0 saturated carbocycles. The molecule has 0 atom stereocenters. The summed E-state index contributed by atoms with van der Waals surface area (Å²) in [4.78, 5) is 10.6. The van der Waals surface area contributed by atoms with Crippen LogP contribution in [0.3, 0.4) is 0 Å². The normalized spacial score (nSPS) is 13.0. The second-order valence-corrected chi connectivity index (χ2v) is 6.61. The van der Waals surface area contributed by atoms with Gasteiger partial charge in [-0.15, -0.1) is 0 Å². The minimum atomic E-state index is -0.702. The van der Waals surface area contributed by atoms with Crippen molar-refractivity contribution in [2.24, 2.45) is 0 Å². The van der Waals surface area contributed by atoms with Crippen LogP contribution in [0.2, 0.25) is 0 Å². The van der Waals surface area contributed by atoms with Gasteiger partial charge in [-0.1, -0.05) is 6.07 Å². The lowest BCUT2D eigenvalue weighted by Gasteiger charge is -2.30. The summed E-state index contributed by atoms with van der Waals surface area (Å²) in [5.74, 6) is 0.775. The fourth-order valence-electron chi connectivity index (χ4n) is 3.39. The van der Waals surface area contributed by atoms with E-state index in [0.717, 1.165) is 18.5 Å². The maximum atomic E-state index is 13.9. The third-order valence-corrected chi connectivity index (χ3v) is 4.88. The number of benzene rings is 2. The van der Waals surface area contributed by atoms with Crippen molar-refractivity contribution in [2.45, 2.75) is 13.0 Å². The molecule has 8 heteroatoms. The van der Waals surface area contributed by atoms with Crippen LogP contribution in [0.15, 0.2) is 42.6 Å². The molecule has 3 aromatic rings. The van der Waals surface area contributed by atoms with E-state index in [1.54, 1.807) is 26.5 Å². The second kappa shape index (κ2) is 7.90. The minimum Gasteiger partial charge on any atom is -0.493 e. The van der Waals surface area contributed by atoms with E-state index >= 15 is 0 Å². The molecule has 0 fully saturated rings. The summed E-state index contributed by atoms with van der Waals surface area (Å²) in [5, 5.41) is 2.64. The molecule has 1 aromatic heterocycles. The number of anilines is 3. The number of methoxy groups -OCH3 is 2. The predicted octanol–water partition coefficient (Wildman–Crippen LogP) is 4.08. The fourth-order valence-corrected chi connectivity index (χ4v) is 3.39. The summed E-state index contributed by atoms with van der Waals surface area (Å²) in [7, 11) is 3.22. The summed E-state index contributed by atoms with van der Waals surface area (Å²) in [6.45, 7) is 1.37. The van der Waals surface area contributed by atoms with Gasteiger partial charge in [-0.2, -0.15) is 4.98 Å². The lowest BCUT2D eigenvalue weighted by atomic mass is 9.99. The van der Waals surface area contributed by atoms with Gasteiger partial charge in [0.05, 0.1) is 14.2 Å². The van der Waals surface area contributed by atoms with E-state index in [9.17, 15) is 8.78 Å². The number of rotatable bonds is 5. The van der Waals surface area contributed by atoms with Crippen molar-refractivity contribution in [1.82, 2.24) is 9.97 Å². The lowest BCUT2D eigenvalue weighted by Crippen LogP contribution is -2.31. The SMILES string of the molecule is COc1cc2c(cc1OC)CN(c1ccnc(Nc3c(F)cccc3F)n1)CC2. The molecule has 2 aromatic carbocycles. The van der Waals surface area contributed by atoms with Gasteiger partial charge in [0.1, 0.15) is 23.1 Å². The van der Waals surface area contributed by atoms with E-state index in [0.29, 0.717) is 23.9 Å². The van der Waals surface area contributed by atoms with E-state index in [1.165, 1.54) is 23.8 Å². The largest absolute Gasteiger partial charge is 0.493 e. The molecule has 0 bridgehead atoms. The summed E-state index contributed by atoms with van der Waals surface area (Å²) >= 11 is 0. The number of hydrogen-bond acceptors (Lipinski definition) is 6. The monoisotopic (exact) mass is 398 g/mol. The molecule has 0 amide bonds.